The molecule has 122 valence electrons. The van der Waals surface area contributed by atoms with Gasteiger partial charge in [-0.05, 0) is 54.5 Å². The molecule has 1 N–H and O–H groups in total. The van der Waals surface area contributed by atoms with Crippen LogP contribution in [0.1, 0.15) is 24.0 Å². The zero-order valence-corrected chi connectivity index (χ0v) is 14.5. The molecule has 0 aliphatic heterocycles. The number of amides is 1. The van der Waals surface area contributed by atoms with Crippen molar-refractivity contribution >= 4 is 17.7 Å². The summed E-state index contributed by atoms with van der Waals surface area (Å²) >= 11 is 1.71. The summed E-state index contributed by atoms with van der Waals surface area (Å²) in [5.41, 5.74) is 2.41. The molecule has 1 amide bonds. The molecule has 0 fully saturated rings. The van der Waals surface area contributed by atoms with Gasteiger partial charge in [-0.1, -0.05) is 24.3 Å². The maximum absolute atomic E-state index is 12.2. The minimum atomic E-state index is 0.180. The van der Waals surface area contributed by atoms with Crippen LogP contribution in [0.2, 0.25) is 0 Å². The minimum Gasteiger partial charge on any atom is -0.508 e. The first-order valence-electron chi connectivity index (χ1n) is 7.76. The Hall–Kier alpha value is -1.94. The third-order valence-electron chi connectivity index (χ3n) is 3.73. The summed E-state index contributed by atoms with van der Waals surface area (Å²) in [4.78, 5) is 15.1. The average molecular weight is 329 g/mol. The maximum Gasteiger partial charge on any atom is 0.222 e. The molecule has 4 heteroatoms. The van der Waals surface area contributed by atoms with Crippen molar-refractivity contribution in [1.29, 1.82) is 0 Å². The summed E-state index contributed by atoms with van der Waals surface area (Å²) in [5, 5.41) is 9.24. The van der Waals surface area contributed by atoms with Gasteiger partial charge in [0.05, 0.1) is 0 Å². The van der Waals surface area contributed by atoms with Gasteiger partial charge in [-0.15, -0.1) is 11.8 Å². The number of hydrogen-bond acceptors (Lipinski definition) is 3. The van der Waals surface area contributed by atoms with E-state index in [9.17, 15) is 9.90 Å². The van der Waals surface area contributed by atoms with Crippen molar-refractivity contribution in [2.75, 3.05) is 12.8 Å². The molecule has 0 saturated heterocycles. The van der Waals surface area contributed by atoms with E-state index in [0.29, 0.717) is 13.0 Å². The highest BCUT2D eigenvalue weighted by Gasteiger charge is 2.10. The van der Waals surface area contributed by atoms with Crippen molar-refractivity contribution in [3.8, 4) is 5.75 Å². The third-order valence-corrected chi connectivity index (χ3v) is 4.83. The molecule has 2 aromatic rings. The lowest BCUT2D eigenvalue weighted by Crippen LogP contribution is -2.26. The molecule has 0 aromatic heterocycles. The molecular weight excluding hydrogens is 306 g/mol. The third kappa shape index (κ3) is 5.64. The summed E-state index contributed by atoms with van der Waals surface area (Å²) in [6.45, 7) is 2.73. The van der Waals surface area contributed by atoms with E-state index >= 15 is 0 Å². The molecule has 0 saturated carbocycles. The lowest BCUT2D eigenvalue weighted by molar-refractivity contribution is -0.130. The Morgan fingerprint density at radius 1 is 1.13 bits per heavy atom. The summed E-state index contributed by atoms with van der Waals surface area (Å²) in [5.74, 6) is 1.36. The number of aromatic hydroxyl groups is 1. The van der Waals surface area contributed by atoms with Crippen LogP contribution in [-0.2, 0) is 11.3 Å². The molecule has 23 heavy (non-hydrogen) atoms. The predicted molar refractivity (Wildman–Crippen MR) is 95.7 cm³/mol. The van der Waals surface area contributed by atoms with Gasteiger partial charge in [0.1, 0.15) is 5.75 Å². The first-order chi connectivity index (χ1) is 11.1. The van der Waals surface area contributed by atoms with E-state index in [0.717, 1.165) is 17.1 Å². The van der Waals surface area contributed by atoms with Crippen LogP contribution in [0.4, 0.5) is 0 Å². The standard InChI is InChI=1S/C19H23NO2S/c1-15-6-3-4-7-16(15)14-20(2)19(22)8-5-13-23-18-11-9-17(21)10-12-18/h3-4,6-7,9-12,21H,5,8,13-14H2,1-2H3. The highest BCUT2D eigenvalue weighted by Crippen LogP contribution is 2.22. The van der Waals surface area contributed by atoms with Gasteiger partial charge in [-0.2, -0.15) is 0 Å². The summed E-state index contributed by atoms with van der Waals surface area (Å²) in [7, 11) is 1.86. The van der Waals surface area contributed by atoms with E-state index in [4.69, 9.17) is 0 Å². The number of thioether (sulfide) groups is 1. The van der Waals surface area contributed by atoms with Gasteiger partial charge in [0, 0.05) is 24.9 Å². The molecule has 0 aliphatic rings. The Labute approximate surface area is 142 Å². The predicted octanol–water partition coefficient (Wildman–Crippen LogP) is 4.23. The number of nitrogens with zero attached hydrogens (tertiary/aromatic N) is 1. The molecule has 0 bridgehead atoms. The number of hydrogen-bond donors (Lipinski definition) is 1. The minimum absolute atomic E-state index is 0.180. The molecule has 2 aromatic carbocycles. The molecule has 0 heterocycles. The number of benzene rings is 2. The Kier molecular flexibility index (Phi) is 6.53. The largest absolute Gasteiger partial charge is 0.508 e. The van der Waals surface area contributed by atoms with E-state index in [-0.39, 0.29) is 11.7 Å². The van der Waals surface area contributed by atoms with Crippen LogP contribution in [-0.4, -0.2) is 28.7 Å². The number of phenolic OH excluding ortho intramolecular Hbond substituents is 1. The Morgan fingerprint density at radius 3 is 2.52 bits per heavy atom. The Morgan fingerprint density at radius 2 is 1.83 bits per heavy atom. The SMILES string of the molecule is Cc1ccccc1CN(C)C(=O)CCCSc1ccc(O)cc1. The van der Waals surface area contributed by atoms with E-state index in [1.807, 2.05) is 31.3 Å². The van der Waals surface area contributed by atoms with Gasteiger partial charge in [0.2, 0.25) is 5.91 Å². The highest BCUT2D eigenvalue weighted by molar-refractivity contribution is 7.99. The van der Waals surface area contributed by atoms with Crippen LogP contribution in [0.5, 0.6) is 5.75 Å². The van der Waals surface area contributed by atoms with E-state index in [1.165, 1.54) is 11.1 Å². The van der Waals surface area contributed by atoms with Gasteiger partial charge in [-0.3, -0.25) is 4.79 Å². The fourth-order valence-electron chi connectivity index (χ4n) is 2.28. The smallest absolute Gasteiger partial charge is 0.222 e. The van der Waals surface area contributed by atoms with Crippen molar-refractivity contribution in [1.82, 2.24) is 4.90 Å². The second kappa shape index (κ2) is 8.63. The molecule has 0 aliphatic carbocycles. The second-order valence-electron chi connectivity index (χ2n) is 5.62. The van der Waals surface area contributed by atoms with Gasteiger partial charge < -0.3 is 10.0 Å². The van der Waals surface area contributed by atoms with Crippen LogP contribution in [0.3, 0.4) is 0 Å². The summed E-state index contributed by atoms with van der Waals surface area (Å²) in [6, 6.07) is 15.3. The number of rotatable bonds is 7. The number of carbonyl (C=O) groups excluding carboxylic acids is 1. The normalized spacial score (nSPS) is 10.5. The first-order valence-corrected chi connectivity index (χ1v) is 8.75. The van der Waals surface area contributed by atoms with Crippen molar-refractivity contribution in [3.05, 3.63) is 59.7 Å². The average Bonchev–Trinajstić information content (AvgIpc) is 2.55. The van der Waals surface area contributed by atoms with E-state index in [1.54, 1.807) is 28.8 Å². The molecule has 0 atom stereocenters. The van der Waals surface area contributed by atoms with Crippen molar-refractivity contribution in [2.24, 2.45) is 0 Å². The van der Waals surface area contributed by atoms with Gasteiger partial charge in [0.25, 0.3) is 0 Å². The zero-order valence-electron chi connectivity index (χ0n) is 13.7. The van der Waals surface area contributed by atoms with Crippen molar-refractivity contribution in [2.45, 2.75) is 31.2 Å². The Bertz CT molecular complexity index is 640. The van der Waals surface area contributed by atoms with E-state index in [2.05, 4.69) is 19.1 Å². The monoisotopic (exact) mass is 329 g/mol. The van der Waals surface area contributed by atoms with Gasteiger partial charge in [0.15, 0.2) is 0 Å². The summed E-state index contributed by atoms with van der Waals surface area (Å²) < 4.78 is 0. The quantitative estimate of drug-likeness (QED) is 0.610. The van der Waals surface area contributed by atoms with Crippen molar-refractivity contribution in [3.63, 3.8) is 0 Å². The Balaban J connectivity index is 1.72. The van der Waals surface area contributed by atoms with Crippen LogP contribution in [0, 0.1) is 6.92 Å². The van der Waals surface area contributed by atoms with Crippen LogP contribution < -0.4 is 0 Å². The van der Waals surface area contributed by atoms with Crippen LogP contribution in [0.15, 0.2) is 53.4 Å². The fourth-order valence-corrected chi connectivity index (χ4v) is 3.13. The first kappa shape index (κ1) is 17.4. The number of phenols is 1. The molecular formula is C19H23NO2S. The molecule has 0 spiro atoms. The number of aryl methyl sites for hydroxylation is 1. The van der Waals surface area contributed by atoms with Crippen molar-refractivity contribution < 1.29 is 9.90 Å². The second-order valence-corrected chi connectivity index (χ2v) is 6.79. The highest BCUT2D eigenvalue weighted by atomic mass is 32.2. The van der Waals surface area contributed by atoms with Gasteiger partial charge in [-0.25, -0.2) is 0 Å². The molecule has 3 nitrogen and oxygen atoms in total. The molecule has 2 rings (SSSR count). The van der Waals surface area contributed by atoms with Gasteiger partial charge >= 0.3 is 0 Å². The molecule has 0 radical (unpaired) electrons. The number of carbonyl (C=O) groups is 1. The summed E-state index contributed by atoms with van der Waals surface area (Å²) in [6.07, 6.45) is 1.41. The lowest BCUT2D eigenvalue weighted by Gasteiger charge is -2.18. The lowest BCUT2D eigenvalue weighted by atomic mass is 10.1. The molecule has 0 unspecified atom stereocenters. The fraction of sp³-hybridized carbons (Fsp3) is 0.316. The topological polar surface area (TPSA) is 40.5 Å². The van der Waals surface area contributed by atoms with E-state index < -0.39 is 0 Å². The maximum atomic E-state index is 12.2. The van der Waals surface area contributed by atoms with Crippen LogP contribution >= 0.6 is 11.8 Å². The zero-order chi connectivity index (χ0) is 16.7. The van der Waals surface area contributed by atoms with Crippen LogP contribution in [0.25, 0.3) is 0 Å².